The van der Waals surface area contributed by atoms with E-state index >= 15 is 0 Å². The first-order valence-electron chi connectivity index (χ1n) is 4.81. The first-order valence-corrected chi connectivity index (χ1v) is 4.81. The predicted molar refractivity (Wildman–Crippen MR) is 58.8 cm³/mol. The van der Waals surface area contributed by atoms with Gasteiger partial charge in [0.1, 0.15) is 5.84 Å². The number of hydrogen-bond acceptors (Lipinski definition) is 4. The minimum absolute atomic E-state index is 0.581. The van der Waals surface area contributed by atoms with E-state index in [9.17, 15) is 0 Å². The van der Waals surface area contributed by atoms with Crippen LogP contribution in [0.25, 0.3) is 0 Å². The zero-order chi connectivity index (χ0) is 10.8. The summed E-state index contributed by atoms with van der Waals surface area (Å²) >= 11 is 0. The van der Waals surface area contributed by atoms with E-state index in [1.165, 1.54) is 5.56 Å². The second-order valence-electron chi connectivity index (χ2n) is 3.38. The van der Waals surface area contributed by atoms with Gasteiger partial charge in [-0.3, -0.25) is 4.99 Å². The number of aliphatic imine (C=N–C) groups is 1. The Balaban J connectivity index is 2.55. The Kier molecular flexibility index (Phi) is 2.49. The SMILES string of the molecule is COc1cc2c(cc1OC)C(N)=NCC2. The van der Waals surface area contributed by atoms with Gasteiger partial charge in [-0.05, 0) is 24.1 Å². The Labute approximate surface area is 88.7 Å². The number of nitrogens with two attached hydrogens (primary N) is 1. The molecule has 0 aromatic heterocycles. The third-order valence-corrected chi connectivity index (χ3v) is 2.55. The van der Waals surface area contributed by atoms with E-state index in [0.29, 0.717) is 11.6 Å². The topological polar surface area (TPSA) is 56.8 Å². The first kappa shape index (κ1) is 9.83. The fourth-order valence-corrected chi connectivity index (χ4v) is 1.75. The number of benzene rings is 1. The summed E-state index contributed by atoms with van der Waals surface area (Å²) in [5, 5.41) is 0. The molecule has 1 aromatic carbocycles. The van der Waals surface area contributed by atoms with Gasteiger partial charge < -0.3 is 15.2 Å². The van der Waals surface area contributed by atoms with Crippen molar-refractivity contribution in [3.05, 3.63) is 23.3 Å². The van der Waals surface area contributed by atoms with Gasteiger partial charge >= 0.3 is 0 Å². The van der Waals surface area contributed by atoms with Crippen LogP contribution >= 0.6 is 0 Å². The van der Waals surface area contributed by atoms with Gasteiger partial charge in [0.15, 0.2) is 11.5 Å². The molecule has 0 bridgehead atoms. The highest BCUT2D eigenvalue weighted by atomic mass is 16.5. The molecule has 0 amide bonds. The van der Waals surface area contributed by atoms with Gasteiger partial charge in [0.05, 0.1) is 14.2 Å². The zero-order valence-electron chi connectivity index (χ0n) is 8.91. The zero-order valence-corrected chi connectivity index (χ0v) is 8.91. The summed E-state index contributed by atoms with van der Waals surface area (Å²) in [5.41, 5.74) is 7.94. The highest BCUT2D eigenvalue weighted by Crippen LogP contribution is 2.31. The molecule has 2 N–H and O–H groups in total. The summed E-state index contributed by atoms with van der Waals surface area (Å²) in [6.07, 6.45) is 0.899. The van der Waals surface area contributed by atoms with Crippen molar-refractivity contribution >= 4 is 5.84 Å². The van der Waals surface area contributed by atoms with E-state index in [0.717, 1.165) is 24.3 Å². The van der Waals surface area contributed by atoms with E-state index in [4.69, 9.17) is 15.2 Å². The van der Waals surface area contributed by atoms with E-state index in [1.807, 2.05) is 12.1 Å². The lowest BCUT2D eigenvalue weighted by Gasteiger charge is -2.17. The van der Waals surface area contributed by atoms with Crippen molar-refractivity contribution in [1.82, 2.24) is 0 Å². The van der Waals surface area contributed by atoms with Gasteiger partial charge in [-0.15, -0.1) is 0 Å². The van der Waals surface area contributed by atoms with E-state index in [1.54, 1.807) is 14.2 Å². The molecule has 0 saturated carbocycles. The monoisotopic (exact) mass is 206 g/mol. The molecule has 15 heavy (non-hydrogen) atoms. The van der Waals surface area contributed by atoms with Gasteiger partial charge in [-0.2, -0.15) is 0 Å². The second-order valence-corrected chi connectivity index (χ2v) is 3.38. The summed E-state index contributed by atoms with van der Waals surface area (Å²) in [7, 11) is 3.24. The van der Waals surface area contributed by atoms with E-state index in [2.05, 4.69) is 4.99 Å². The number of amidine groups is 1. The van der Waals surface area contributed by atoms with Crippen LogP contribution in [0.1, 0.15) is 11.1 Å². The Hall–Kier alpha value is -1.71. The third-order valence-electron chi connectivity index (χ3n) is 2.55. The largest absolute Gasteiger partial charge is 0.493 e. The van der Waals surface area contributed by atoms with E-state index in [-0.39, 0.29) is 0 Å². The van der Waals surface area contributed by atoms with Crippen LogP contribution in [0.2, 0.25) is 0 Å². The molecule has 80 valence electrons. The molecule has 1 heterocycles. The molecule has 4 heteroatoms. The number of ether oxygens (including phenoxy) is 2. The van der Waals surface area contributed by atoms with Crippen LogP contribution in [0, 0.1) is 0 Å². The van der Waals surface area contributed by atoms with Crippen LogP contribution in [-0.4, -0.2) is 26.6 Å². The van der Waals surface area contributed by atoms with Crippen molar-refractivity contribution in [3.8, 4) is 11.5 Å². The maximum atomic E-state index is 5.82. The lowest BCUT2D eigenvalue weighted by Crippen LogP contribution is -2.21. The highest BCUT2D eigenvalue weighted by Gasteiger charge is 2.16. The second kappa shape index (κ2) is 3.81. The normalized spacial score (nSPS) is 14.1. The van der Waals surface area contributed by atoms with Crippen LogP contribution in [-0.2, 0) is 6.42 Å². The Morgan fingerprint density at radius 2 is 1.87 bits per heavy atom. The fourth-order valence-electron chi connectivity index (χ4n) is 1.75. The summed E-state index contributed by atoms with van der Waals surface area (Å²) in [5.74, 6) is 2.01. The van der Waals surface area contributed by atoms with Crippen LogP contribution in [0.3, 0.4) is 0 Å². The van der Waals surface area contributed by atoms with Crippen LogP contribution in [0.4, 0.5) is 0 Å². The molecular formula is C11H14N2O2. The van der Waals surface area contributed by atoms with Gasteiger partial charge in [0, 0.05) is 12.1 Å². The maximum Gasteiger partial charge on any atom is 0.161 e. The summed E-state index contributed by atoms with van der Waals surface area (Å²) < 4.78 is 10.4. The van der Waals surface area contributed by atoms with Crippen LogP contribution in [0.15, 0.2) is 17.1 Å². The summed E-state index contributed by atoms with van der Waals surface area (Å²) in [6.45, 7) is 0.744. The Morgan fingerprint density at radius 3 is 2.53 bits per heavy atom. The molecule has 0 spiro atoms. The molecule has 2 rings (SSSR count). The van der Waals surface area contributed by atoms with Crippen molar-refractivity contribution < 1.29 is 9.47 Å². The predicted octanol–water partition coefficient (Wildman–Crippen LogP) is 0.965. The minimum Gasteiger partial charge on any atom is -0.493 e. The van der Waals surface area contributed by atoms with Gasteiger partial charge in [-0.25, -0.2) is 0 Å². The standard InChI is InChI=1S/C11H14N2O2/c1-14-9-5-7-3-4-13-11(12)8(7)6-10(9)15-2/h5-6H,3-4H2,1-2H3,(H2,12,13). The Bertz CT molecular complexity index is 413. The van der Waals surface area contributed by atoms with Crippen molar-refractivity contribution in [1.29, 1.82) is 0 Å². The fraction of sp³-hybridized carbons (Fsp3) is 0.364. The van der Waals surface area contributed by atoms with Crippen molar-refractivity contribution in [2.45, 2.75) is 6.42 Å². The third kappa shape index (κ3) is 1.63. The van der Waals surface area contributed by atoms with Crippen molar-refractivity contribution in [2.75, 3.05) is 20.8 Å². The summed E-state index contributed by atoms with van der Waals surface area (Å²) in [4.78, 5) is 4.20. The molecule has 0 unspecified atom stereocenters. The lowest BCUT2D eigenvalue weighted by molar-refractivity contribution is 0.354. The van der Waals surface area contributed by atoms with Crippen molar-refractivity contribution in [3.63, 3.8) is 0 Å². The quantitative estimate of drug-likeness (QED) is 0.784. The number of methoxy groups -OCH3 is 2. The lowest BCUT2D eigenvalue weighted by atomic mass is 10.0. The molecule has 0 radical (unpaired) electrons. The maximum absolute atomic E-state index is 5.82. The van der Waals surface area contributed by atoms with Gasteiger partial charge in [0.2, 0.25) is 0 Å². The molecule has 1 aliphatic rings. The van der Waals surface area contributed by atoms with Gasteiger partial charge in [-0.1, -0.05) is 0 Å². The van der Waals surface area contributed by atoms with E-state index < -0.39 is 0 Å². The first-order chi connectivity index (χ1) is 7.26. The molecule has 0 aliphatic carbocycles. The average molecular weight is 206 g/mol. The molecule has 4 nitrogen and oxygen atoms in total. The van der Waals surface area contributed by atoms with Crippen LogP contribution < -0.4 is 15.2 Å². The van der Waals surface area contributed by atoms with Gasteiger partial charge in [0.25, 0.3) is 0 Å². The minimum atomic E-state index is 0.581. The number of nitrogens with zero attached hydrogens (tertiary/aromatic N) is 1. The van der Waals surface area contributed by atoms with Crippen molar-refractivity contribution in [2.24, 2.45) is 10.7 Å². The summed E-state index contributed by atoms with van der Waals surface area (Å²) in [6, 6.07) is 3.85. The molecule has 1 aromatic rings. The molecule has 0 fully saturated rings. The number of rotatable bonds is 2. The number of fused-ring (bicyclic) bond motifs is 1. The molecule has 0 atom stereocenters. The Morgan fingerprint density at radius 1 is 1.20 bits per heavy atom. The molecule has 1 aliphatic heterocycles. The smallest absolute Gasteiger partial charge is 0.161 e. The van der Waals surface area contributed by atoms with Crippen LogP contribution in [0.5, 0.6) is 11.5 Å². The molecular weight excluding hydrogens is 192 g/mol. The number of hydrogen-bond donors (Lipinski definition) is 1. The molecule has 0 saturated heterocycles. The highest BCUT2D eigenvalue weighted by molar-refractivity contribution is 6.00. The average Bonchev–Trinajstić information content (AvgIpc) is 2.28.